The Labute approximate surface area is 179 Å². The van der Waals surface area contributed by atoms with Gasteiger partial charge in [0.25, 0.3) is 0 Å². The van der Waals surface area contributed by atoms with Crippen molar-refractivity contribution in [2.24, 2.45) is 0 Å². The molecule has 2 N–H and O–H groups in total. The molecule has 0 bridgehead atoms. The molecule has 1 aliphatic heterocycles. The van der Waals surface area contributed by atoms with E-state index in [2.05, 4.69) is 41.0 Å². The second-order valence-corrected chi connectivity index (χ2v) is 8.24. The lowest BCUT2D eigenvalue weighted by Crippen LogP contribution is -2.44. The minimum Gasteiger partial charge on any atom is -0.352 e. The van der Waals surface area contributed by atoms with Gasteiger partial charge in [0.2, 0.25) is 11.8 Å². The summed E-state index contributed by atoms with van der Waals surface area (Å²) in [5.41, 5.74) is 1.00. The first-order valence-electron chi connectivity index (χ1n) is 10.4. The van der Waals surface area contributed by atoms with Crippen molar-refractivity contribution in [2.45, 2.75) is 44.2 Å². The number of carbonyl (C=O) groups is 2. The number of carbonyl (C=O) groups excluding carboxylic acids is 2. The van der Waals surface area contributed by atoms with Crippen molar-refractivity contribution in [1.29, 1.82) is 0 Å². The molecular formula is C25H24F2N2O2. The van der Waals surface area contributed by atoms with E-state index in [0.29, 0.717) is 31.2 Å². The fourth-order valence-electron chi connectivity index (χ4n) is 4.28. The highest BCUT2D eigenvalue weighted by molar-refractivity contribution is 5.83. The van der Waals surface area contributed by atoms with E-state index < -0.39 is 17.2 Å². The van der Waals surface area contributed by atoms with Gasteiger partial charge in [-0.15, -0.1) is 0 Å². The Hall–Kier alpha value is -3.28. The van der Waals surface area contributed by atoms with E-state index in [-0.39, 0.29) is 24.8 Å². The van der Waals surface area contributed by atoms with Crippen LogP contribution in [0.4, 0.5) is 8.78 Å². The average Bonchev–Trinajstić information content (AvgIpc) is 3.10. The summed E-state index contributed by atoms with van der Waals surface area (Å²) in [7, 11) is 0. The van der Waals surface area contributed by atoms with Crippen molar-refractivity contribution >= 4 is 22.6 Å². The minimum atomic E-state index is -0.674. The third kappa shape index (κ3) is 5.26. The van der Waals surface area contributed by atoms with E-state index in [1.165, 1.54) is 12.1 Å². The molecule has 6 heteroatoms. The molecule has 0 aromatic heterocycles. The van der Waals surface area contributed by atoms with Crippen LogP contribution in [0.25, 0.3) is 10.8 Å². The second-order valence-electron chi connectivity index (χ2n) is 8.24. The van der Waals surface area contributed by atoms with Crippen LogP contribution in [0.5, 0.6) is 0 Å². The molecule has 0 spiro atoms. The molecule has 2 amide bonds. The predicted octanol–water partition coefficient (Wildman–Crippen LogP) is 4.41. The fraction of sp³-hybridized carbons (Fsp3) is 0.280. The molecule has 1 fully saturated rings. The summed E-state index contributed by atoms with van der Waals surface area (Å²) in [5.74, 6) is -1.57. The van der Waals surface area contributed by atoms with E-state index in [0.717, 1.165) is 22.4 Å². The first kappa shape index (κ1) is 21.0. The molecule has 0 saturated carbocycles. The molecular weight excluding hydrogens is 398 g/mol. The molecule has 160 valence electrons. The third-order valence-electron chi connectivity index (χ3n) is 5.83. The summed E-state index contributed by atoms with van der Waals surface area (Å²) in [4.78, 5) is 24.4. The van der Waals surface area contributed by atoms with Gasteiger partial charge in [-0.2, -0.15) is 0 Å². The number of benzene rings is 3. The Morgan fingerprint density at radius 3 is 2.42 bits per heavy atom. The van der Waals surface area contributed by atoms with E-state index >= 15 is 0 Å². The van der Waals surface area contributed by atoms with Gasteiger partial charge in [0.05, 0.1) is 0 Å². The van der Waals surface area contributed by atoms with Crippen molar-refractivity contribution in [3.05, 3.63) is 83.4 Å². The largest absolute Gasteiger partial charge is 0.352 e. The normalized spacial score (nSPS) is 18.2. The van der Waals surface area contributed by atoms with E-state index in [1.807, 2.05) is 12.1 Å². The molecule has 1 saturated heterocycles. The lowest BCUT2D eigenvalue weighted by atomic mass is 9.84. The lowest BCUT2D eigenvalue weighted by Gasteiger charge is -2.29. The lowest BCUT2D eigenvalue weighted by molar-refractivity contribution is -0.122. The first-order valence-corrected chi connectivity index (χ1v) is 10.4. The fourth-order valence-corrected chi connectivity index (χ4v) is 4.28. The zero-order chi connectivity index (χ0) is 21.8. The molecule has 1 aliphatic rings. The van der Waals surface area contributed by atoms with Crippen LogP contribution in [0.15, 0.2) is 60.7 Å². The summed E-state index contributed by atoms with van der Waals surface area (Å²) in [5, 5.41) is 8.09. The van der Waals surface area contributed by atoms with Crippen LogP contribution in [0, 0.1) is 11.6 Å². The SMILES string of the molecule is O=C(CC[C@@]1(Cc2ccc3ccccc3c2)CCC(=O)N1)NCc1cc(F)cc(F)c1. The molecule has 3 aromatic rings. The van der Waals surface area contributed by atoms with Crippen LogP contribution in [0.1, 0.15) is 36.8 Å². The molecule has 1 heterocycles. The molecule has 0 aliphatic carbocycles. The first-order chi connectivity index (χ1) is 14.9. The van der Waals surface area contributed by atoms with Gasteiger partial charge < -0.3 is 10.6 Å². The summed E-state index contributed by atoms with van der Waals surface area (Å²) >= 11 is 0. The van der Waals surface area contributed by atoms with Crippen molar-refractivity contribution < 1.29 is 18.4 Å². The highest BCUT2D eigenvalue weighted by Gasteiger charge is 2.37. The summed E-state index contributed by atoms with van der Waals surface area (Å²) in [6.45, 7) is 0.0531. The molecule has 0 unspecified atom stereocenters. The Bertz CT molecular complexity index is 1110. The standard InChI is InChI=1S/C25H24F2N2O2/c26-21-12-18(13-22(27)14-21)16-28-23(30)7-9-25(10-8-24(31)29-25)15-17-5-6-19-3-1-2-4-20(19)11-17/h1-6,11-14H,7-10,15-16H2,(H,28,30)(H,29,31)/t25-/m0/s1. The highest BCUT2D eigenvalue weighted by Crippen LogP contribution is 2.30. The Balaban J connectivity index is 1.40. The number of nitrogens with one attached hydrogen (secondary N) is 2. The Morgan fingerprint density at radius 2 is 1.71 bits per heavy atom. The second kappa shape index (κ2) is 8.84. The molecule has 0 radical (unpaired) electrons. The van der Waals surface area contributed by atoms with E-state index in [9.17, 15) is 18.4 Å². The Morgan fingerprint density at radius 1 is 0.968 bits per heavy atom. The molecule has 1 atom stereocenters. The summed E-state index contributed by atoms with van der Waals surface area (Å²) in [6.07, 6.45) is 2.46. The van der Waals surface area contributed by atoms with Crippen LogP contribution in [0.3, 0.4) is 0 Å². The van der Waals surface area contributed by atoms with Crippen LogP contribution < -0.4 is 10.6 Å². The van der Waals surface area contributed by atoms with E-state index in [4.69, 9.17) is 0 Å². The van der Waals surface area contributed by atoms with Crippen molar-refractivity contribution in [2.75, 3.05) is 0 Å². The topological polar surface area (TPSA) is 58.2 Å². The van der Waals surface area contributed by atoms with Crippen LogP contribution >= 0.6 is 0 Å². The number of halogens is 2. The average molecular weight is 422 g/mol. The van der Waals surface area contributed by atoms with Gasteiger partial charge in [0, 0.05) is 31.0 Å². The number of hydrogen-bond donors (Lipinski definition) is 2. The Kier molecular flexibility index (Phi) is 5.98. The van der Waals surface area contributed by atoms with Crippen molar-refractivity contribution in [3.8, 4) is 0 Å². The minimum absolute atomic E-state index is 0.00330. The molecule has 4 rings (SSSR count). The van der Waals surface area contributed by atoms with E-state index in [1.54, 1.807) is 0 Å². The maximum absolute atomic E-state index is 13.3. The molecule has 4 nitrogen and oxygen atoms in total. The van der Waals surface area contributed by atoms with Gasteiger partial charge in [-0.1, -0.05) is 42.5 Å². The zero-order valence-corrected chi connectivity index (χ0v) is 17.1. The van der Waals surface area contributed by atoms with Gasteiger partial charge in [-0.05, 0) is 53.3 Å². The van der Waals surface area contributed by atoms with Gasteiger partial charge in [-0.25, -0.2) is 8.78 Å². The smallest absolute Gasteiger partial charge is 0.220 e. The number of amides is 2. The maximum Gasteiger partial charge on any atom is 0.220 e. The van der Waals surface area contributed by atoms with Gasteiger partial charge in [0.1, 0.15) is 11.6 Å². The predicted molar refractivity (Wildman–Crippen MR) is 115 cm³/mol. The van der Waals surface area contributed by atoms with Gasteiger partial charge in [0.15, 0.2) is 0 Å². The van der Waals surface area contributed by atoms with Crippen LogP contribution in [-0.4, -0.2) is 17.4 Å². The monoisotopic (exact) mass is 422 g/mol. The molecule has 31 heavy (non-hydrogen) atoms. The van der Waals surface area contributed by atoms with Crippen LogP contribution in [-0.2, 0) is 22.6 Å². The highest BCUT2D eigenvalue weighted by atomic mass is 19.1. The number of fused-ring (bicyclic) bond motifs is 1. The van der Waals surface area contributed by atoms with Gasteiger partial charge >= 0.3 is 0 Å². The summed E-state index contributed by atoms with van der Waals surface area (Å²) in [6, 6.07) is 17.6. The number of hydrogen-bond acceptors (Lipinski definition) is 2. The molecule has 3 aromatic carbocycles. The van der Waals surface area contributed by atoms with Crippen molar-refractivity contribution in [3.63, 3.8) is 0 Å². The summed E-state index contributed by atoms with van der Waals surface area (Å²) < 4.78 is 26.6. The van der Waals surface area contributed by atoms with Gasteiger partial charge in [-0.3, -0.25) is 9.59 Å². The quantitative estimate of drug-likeness (QED) is 0.593. The number of rotatable bonds is 7. The maximum atomic E-state index is 13.3. The van der Waals surface area contributed by atoms with Crippen molar-refractivity contribution in [1.82, 2.24) is 10.6 Å². The van der Waals surface area contributed by atoms with Crippen LogP contribution in [0.2, 0.25) is 0 Å². The third-order valence-corrected chi connectivity index (χ3v) is 5.83. The zero-order valence-electron chi connectivity index (χ0n) is 17.1.